The topological polar surface area (TPSA) is 77.8 Å². The van der Waals surface area contributed by atoms with E-state index in [1.807, 2.05) is 84.9 Å². The molecular weight excluding hydrogens is 592 g/mol. The smallest absolute Gasteiger partial charge is 0.227 e. The number of oxazole rings is 1. The molecule has 10 aromatic rings. The summed E-state index contributed by atoms with van der Waals surface area (Å²) < 4.78 is 13.0. The van der Waals surface area contributed by atoms with Gasteiger partial charge in [0.1, 0.15) is 16.7 Å². The van der Waals surface area contributed by atoms with Crippen molar-refractivity contribution in [2.45, 2.75) is 0 Å². The second-order valence-corrected chi connectivity index (χ2v) is 11.9. The Morgan fingerprint density at radius 3 is 1.83 bits per heavy atom. The van der Waals surface area contributed by atoms with Crippen LogP contribution in [0.25, 0.3) is 100 Å². The lowest BCUT2D eigenvalue weighted by Crippen LogP contribution is -2.01. The zero-order valence-corrected chi connectivity index (χ0v) is 25.5. The van der Waals surface area contributed by atoms with E-state index in [1.165, 1.54) is 10.8 Å². The van der Waals surface area contributed by atoms with Gasteiger partial charge in [-0.1, -0.05) is 115 Å². The van der Waals surface area contributed by atoms with Crippen LogP contribution in [-0.2, 0) is 0 Å². The van der Waals surface area contributed by atoms with Gasteiger partial charge in [0, 0.05) is 33.5 Å². The van der Waals surface area contributed by atoms with Crippen molar-refractivity contribution in [3.05, 3.63) is 146 Å². The van der Waals surface area contributed by atoms with Crippen LogP contribution in [0.2, 0.25) is 0 Å². The van der Waals surface area contributed by atoms with E-state index < -0.39 is 0 Å². The number of para-hydroxylation sites is 1. The van der Waals surface area contributed by atoms with Gasteiger partial charge in [-0.3, -0.25) is 0 Å². The normalized spacial score (nSPS) is 11.8. The van der Waals surface area contributed by atoms with Gasteiger partial charge in [-0.25, -0.2) is 19.9 Å². The van der Waals surface area contributed by atoms with Crippen LogP contribution in [0.15, 0.2) is 154 Å². The summed E-state index contributed by atoms with van der Waals surface area (Å²) in [6.07, 6.45) is 0. The molecule has 6 heteroatoms. The Hall–Kier alpha value is -6.66. The zero-order valence-electron chi connectivity index (χ0n) is 25.5. The molecule has 0 aliphatic carbocycles. The number of hydrogen-bond donors (Lipinski definition) is 0. The first-order valence-corrected chi connectivity index (χ1v) is 15.8. The second-order valence-electron chi connectivity index (χ2n) is 11.9. The predicted octanol–water partition coefficient (Wildman–Crippen LogP) is 10.9. The maximum Gasteiger partial charge on any atom is 0.227 e. The van der Waals surface area contributed by atoms with Crippen molar-refractivity contribution < 1.29 is 8.83 Å². The molecule has 0 amide bonds. The zero-order chi connectivity index (χ0) is 31.6. The lowest BCUT2D eigenvalue weighted by Gasteiger charge is -2.11. The number of furan rings is 1. The van der Waals surface area contributed by atoms with Crippen molar-refractivity contribution in [1.82, 2.24) is 19.9 Å². The Balaban J connectivity index is 1.29. The molecule has 3 heterocycles. The van der Waals surface area contributed by atoms with Crippen molar-refractivity contribution in [3.63, 3.8) is 0 Å². The van der Waals surface area contributed by atoms with Crippen LogP contribution in [0.4, 0.5) is 0 Å². The molecule has 6 nitrogen and oxygen atoms in total. The molecule has 0 aliphatic rings. The Morgan fingerprint density at radius 2 is 1.02 bits per heavy atom. The quantitative estimate of drug-likeness (QED) is 0.183. The molecular formula is C42H24N4O2. The number of hydrogen-bond acceptors (Lipinski definition) is 6. The molecule has 0 saturated heterocycles. The van der Waals surface area contributed by atoms with E-state index in [9.17, 15) is 0 Å². The average molecular weight is 617 g/mol. The largest absolute Gasteiger partial charge is 0.456 e. The Bertz CT molecular complexity index is 2840. The summed E-state index contributed by atoms with van der Waals surface area (Å²) in [5.74, 6) is 2.13. The molecule has 3 aromatic heterocycles. The Morgan fingerprint density at radius 1 is 0.396 bits per heavy atom. The Kier molecular flexibility index (Phi) is 5.77. The molecule has 0 N–H and O–H groups in total. The summed E-state index contributed by atoms with van der Waals surface area (Å²) in [6.45, 7) is 0. The van der Waals surface area contributed by atoms with Gasteiger partial charge >= 0.3 is 0 Å². The van der Waals surface area contributed by atoms with E-state index in [0.717, 1.165) is 43.8 Å². The van der Waals surface area contributed by atoms with Gasteiger partial charge in [0.05, 0.1) is 5.56 Å². The SMILES string of the molecule is c1ccc(-c2nc(-c3ccc4ccc5ccccc5c4c3)nc(-c3c4oc(-c5ccccc5)nc4cc4oc5ccccc5c34)n2)cc1. The highest BCUT2D eigenvalue weighted by molar-refractivity contribution is 6.18. The predicted molar refractivity (Wildman–Crippen MR) is 191 cm³/mol. The van der Waals surface area contributed by atoms with E-state index in [4.69, 9.17) is 28.8 Å². The van der Waals surface area contributed by atoms with Gasteiger partial charge in [0.15, 0.2) is 23.1 Å². The maximum absolute atomic E-state index is 6.61. The summed E-state index contributed by atoms with van der Waals surface area (Å²) >= 11 is 0. The summed E-state index contributed by atoms with van der Waals surface area (Å²) in [4.78, 5) is 20.3. The lowest BCUT2D eigenvalue weighted by atomic mass is 9.99. The highest BCUT2D eigenvalue weighted by atomic mass is 16.4. The molecule has 0 unspecified atom stereocenters. The number of rotatable bonds is 4. The molecule has 7 aromatic carbocycles. The average Bonchev–Trinajstić information content (AvgIpc) is 3.75. The molecule has 48 heavy (non-hydrogen) atoms. The van der Waals surface area contributed by atoms with Crippen LogP contribution in [0.3, 0.4) is 0 Å². The van der Waals surface area contributed by atoms with Crippen LogP contribution >= 0.6 is 0 Å². The molecule has 0 saturated carbocycles. The number of fused-ring (bicyclic) bond motifs is 7. The molecule has 0 aliphatic heterocycles. The molecule has 0 bridgehead atoms. The van der Waals surface area contributed by atoms with E-state index in [0.29, 0.717) is 45.6 Å². The molecule has 0 fully saturated rings. The van der Waals surface area contributed by atoms with E-state index >= 15 is 0 Å². The molecule has 224 valence electrons. The van der Waals surface area contributed by atoms with Crippen LogP contribution in [0.5, 0.6) is 0 Å². The fraction of sp³-hybridized carbons (Fsp3) is 0. The van der Waals surface area contributed by atoms with Crippen molar-refractivity contribution in [2.75, 3.05) is 0 Å². The van der Waals surface area contributed by atoms with Crippen molar-refractivity contribution in [2.24, 2.45) is 0 Å². The first-order chi connectivity index (χ1) is 23.8. The Labute approximate surface area is 274 Å². The highest BCUT2D eigenvalue weighted by Crippen LogP contribution is 2.42. The first kappa shape index (κ1) is 26.5. The number of benzene rings is 7. The van der Waals surface area contributed by atoms with Crippen molar-refractivity contribution in [3.8, 4) is 45.6 Å². The van der Waals surface area contributed by atoms with Crippen LogP contribution in [-0.4, -0.2) is 19.9 Å². The highest BCUT2D eigenvalue weighted by Gasteiger charge is 2.24. The third-order valence-corrected chi connectivity index (χ3v) is 8.94. The molecule has 0 atom stereocenters. The van der Waals surface area contributed by atoms with Gasteiger partial charge in [-0.2, -0.15) is 0 Å². The second kappa shape index (κ2) is 10.4. The fourth-order valence-electron chi connectivity index (χ4n) is 6.66. The minimum Gasteiger partial charge on any atom is -0.456 e. The van der Waals surface area contributed by atoms with Gasteiger partial charge in [-0.05, 0) is 45.8 Å². The summed E-state index contributed by atoms with van der Waals surface area (Å²) in [6, 6.07) is 49.0. The van der Waals surface area contributed by atoms with Crippen LogP contribution in [0.1, 0.15) is 0 Å². The summed E-state index contributed by atoms with van der Waals surface area (Å²) in [5, 5.41) is 6.48. The van der Waals surface area contributed by atoms with E-state index in [2.05, 4.69) is 60.7 Å². The number of nitrogens with zero attached hydrogens (tertiary/aromatic N) is 4. The van der Waals surface area contributed by atoms with Gasteiger partial charge < -0.3 is 8.83 Å². The van der Waals surface area contributed by atoms with Crippen LogP contribution in [0, 0.1) is 0 Å². The molecule has 0 spiro atoms. The van der Waals surface area contributed by atoms with Gasteiger partial charge in [0.2, 0.25) is 5.89 Å². The minimum atomic E-state index is 0.481. The standard InChI is InChI=1S/C42H24N4O2/c1-3-12-27(13-4-1)39-44-40(29-22-21-26-20-19-25-11-7-8-16-30(25)32(26)23-29)46-41(45-39)37-36-31-17-9-10-18-34(31)47-35(36)24-33-38(37)48-42(43-33)28-14-5-2-6-15-28/h1-24H. The minimum absolute atomic E-state index is 0.481. The van der Waals surface area contributed by atoms with Crippen LogP contribution < -0.4 is 0 Å². The van der Waals surface area contributed by atoms with E-state index in [-0.39, 0.29) is 0 Å². The van der Waals surface area contributed by atoms with Crippen molar-refractivity contribution >= 4 is 54.6 Å². The summed E-state index contributed by atoms with van der Waals surface area (Å²) in [7, 11) is 0. The summed E-state index contributed by atoms with van der Waals surface area (Å²) in [5.41, 5.74) is 6.08. The van der Waals surface area contributed by atoms with Gasteiger partial charge in [-0.15, -0.1) is 0 Å². The fourth-order valence-corrected chi connectivity index (χ4v) is 6.66. The lowest BCUT2D eigenvalue weighted by molar-refractivity contribution is 0.620. The first-order valence-electron chi connectivity index (χ1n) is 15.8. The monoisotopic (exact) mass is 616 g/mol. The van der Waals surface area contributed by atoms with E-state index in [1.54, 1.807) is 0 Å². The maximum atomic E-state index is 6.61. The van der Waals surface area contributed by atoms with Gasteiger partial charge in [0.25, 0.3) is 0 Å². The third kappa shape index (κ3) is 4.20. The molecule has 10 rings (SSSR count). The molecule has 0 radical (unpaired) electrons. The third-order valence-electron chi connectivity index (χ3n) is 8.94. The number of aromatic nitrogens is 4. The van der Waals surface area contributed by atoms with Crippen molar-refractivity contribution in [1.29, 1.82) is 0 Å².